The number of carbonyl (C=O) groups is 2. The third-order valence-electron chi connectivity index (χ3n) is 2.48. The van der Waals surface area contributed by atoms with E-state index in [4.69, 9.17) is 14.6 Å². The van der Waals surface area contributed by atoms with Gasteiger partial charge in [0.25, 0.3) is 5.97 Å². The lowest BCUT2D eigenvalue weighted by Crippen LogP contribution is -2.39. The Morgan fingerprint density at radius 1 is 1.41 bits per heavy atom. The number of esters is 1. The van der Waals surface area contributed by atoms with E-state index < -0.39 is 5.97 Å². The molecule has 5 heteroatoms. The lowest BCUT2D eigenvalue weighted by Gasteiger charge is -2.26. The van der Waals surface area contributed by atoms with E-state index in [-0.39, 0.29) is 5.97 Å². The van der Waals surface area contributed by atoms with Gasteiger partial charge < -0.3 is 15.2 Å². The highest BCUT2D eigenvalue weighted by Crippen LogP contribution is 2.15. The molecule has 2 unspecified atom stereocenters. The van der Waals surface area contributed by atoms with Gasteiger partial charge >= 0.3 is 5.97 Å². The number of ether oxygens (including phenoxy) is 1. The summed E-state index contributed by atoms with van der Waals surface area (Å²) in [4.78, 5) is 20.1. The molecule has 1 fully saturated rings. The number of carboxylic acids is 1. The molecule has 0 aliphatic carbocycles. The molecule has 0 aromatic rings. The van der Waals surface area contributed by atoms with Crippen molar-refractivity contribution < 1.29 is 19.4 Å². The van der Waals surface area contributed by atoms with Gasteiger partial charge in [-0.3, -0.25) is 9.59 Å². The largest absolute Gasteiger partial charge is 0.481 e. The first kappa shape index (κ1) is 15.9. The zero-order valence-electron chi connectivity index (χ0n) is 10.9. The molecule has 0 bridgehead atoms. The summed E-state index contributed by atoms with van der Waals surface area (Å²) < 4.78 is 4.89. The maximum absolute atomic E-state index is 11.1. The molecule has 2 N–H and O–H groups in total. The van der Waals surface area contributed by atoms with Crippen molar-refractivity contribution in [3.63, 3.8) is 0 Å². The van der Waals surface area contributed by atoms with E-state index in [0.29, 0.717) is 19.1 Å². The highest BCUT2D eigenvalue weighted by atomic mass is 16.5. The minimum Gasteiger partial charge on any atom is -0.481 e. The van der Waals surface area contributed by atoms with Crippen molar-refractivity contribution in [3.8, 4) is 0 Å². The van der Waals surface area contributed by atoms with Crippen LogP contribution in [0.3, 0.4) is 0 Å². The Bertz CT molecular complexity index is 231. The molecule has 0 saturated carbocycles. The average Bonchev–Trinajstić information content (AvgIpc) is 2.21. The maximum Gasteiger partial charge on any atom is 0.307 e. The lowest BCUT2D eigenvalue weighted by atomic mass is 9.95. The quantitative estimate of drug-likeness (QED) is 0.735. The second-order valence-electron chi connectivity index (χ2n) is 4.32. The Hall–Kier alpha value is -1.10. The number of carboxylic acid groups (broad SMARTS) is 1. The molecule has 2 atom stereocenters. The molecule has 0 aromatic carbocycles. The van der Waals surface area contributed by atoms with Gasteiger partial charge in [0.2, 0.25) is 0 Å². The first-order valence-corrected chi connectivity index (χ1v) is 6.04. The molecule has 1 heterocycles. The summed E-state index contributed by atoms with van der Waals surface area (Å²) in [5.74, 6) is -0.159. The van der Waals surface area contributed by atoms with Gasteiger partial charge in [-0.1, -0.05) is 6.92 Å². The fourth-order valence-electron chi connectivity index (χ4n) is 1.65. The van der Waals surface area contributed by atoms with Gasteiger partial charge in [0.15, 0.2) is 0 Å². The van der Waals surface area contributed by atoms with E-state index in [1.807, 2.05) is 6.92 Å². The Morgan fingerprint density at radius 3 is 2.41 bits per heavy atom. The predicted octanol–water partition coefficient (Wildman–Crippen LogP) is 1.42. The van der Waals surface area contributed by atoms with E-state index in [9.17, 15) is 4.79 Å². The Morgan fingerprint density at radius 2 is 2.00 bits per heavy atom. The van der Waals surface area contributed by atoms with Gasteiger partial charge in [0, 0.05) is 13.0 Å². The fourth-order valence-corrected chi connectivity index (χ4v) is 1.65. The van der Waals surface area contributed by atoms with Crippen molar-refractivity contribution >= 4 is 11.9 Å². The summed E-state index contributed by atoms with van der Waals surface area (Å²) in [5.41, 5.74) is 0. The smallest absolute Gasteiger partial charge is 0.307 e. The summed E-state index contributed by atoms with van der Waals surface area (Å²) >= 11 is 0. The summed E-state index contributed by atoms with van der Waals surface area (Å²) in [6.45, 7) is 6.67. The zero-order chi connectivity index (χ0) is 13.3. The SMILES string of the molecule is CC(=O)O.CCOC(=O)CC1CCC(C)CN1. The predicted molar refractivity (Wildman–Crippen MR) is 64.7 cm³/mol. The number of hydrogen-bond acceptors (Lipinski definition) is 4. The molecular weight excluding hydrogens is 222 g/mol. The average molecular weight is 245 g/mol. The molecule has 0 radical (unpaired) electrons. The summed E-state index contributed by atoms with van der Waals surface area (Å²) in [5, 5.41) is 10.8. The second kappa shape index (κ2) is 8.98. The third-order valence-corrected chi connectivity index (χ3v) is 2.48. The number of piperidine rings is 1. The molecular formula is C12H23NO4. The first-order chi connectivity index (χ1) is 7.95. The van der Waals surface area contributed by atoms with Crippen LogP contribution in [-0.4, -0.2) is 36.2 Å². The van der Waals surface area contributed by atoms with Crippen molar-refractivity contribution in [2.75, 3.05) is 13.2 Å². The lowest BCUT2D eigenvalue weighted by molar-refractivity contribution is -0.144. The molecule has 17 heavy (non-hydrogen) atoms. The summed E-state index contributed by atoms with van der Waals surface area (Å²) in [6.07, 6.45) is 2.84. The summed E-state index contributed by atoms with van der Waals surface area (Å²) in [7, 11) is 0. The van der Waals surface area contributed by atoms with Crippen molar-refractivity contribution in [1.29, 1.82) is 0 Å². The monoisotopic (exact) mass is 245 g/mol. The van der Waals surface area contributed by atoms with E-state index in [1.165, 1.54) is 6.42 Å². The Balaban J connectivity index is 0.000000557. The molecule has 1 saturated heterocycles. The van der Waals surface area contributed by atoms with Crippen LogP contribution < -0.4 is 5.32 Å². The first-order valence-electron chi connectivity index (χ1n) is 6.04. The van der Waals surface area contributed by atoms with Crippen molar-refractivity contribution in [2.24, 2.45) is 5.92 Å². The number of rotatable bonds is 3. The highest BCUT2D eigenvalue weighted by molar-refractivity contribution is 5.70. The number of nitrogens with one attached hydrogen (secondary N) is 1. The van der Waals surface area contributed by atoms with Crippen molar-refractivity contribution in [3.05, 3.63) is 0 Å². The minimum absolute atomic E-state index is 0.0745. The van der Waals surface area contributed by atoms with Crippen LogP contribution in [0, 0.1) is 5.92 Å². The third kappa shape index (κ3) is 9.81. The van der Waals surface area contributed by atoms with Crippen LogP contribution in [-0.2, 0) is 14.3 Å². The number of hydrogen-bond donors (Lipinski definition) is 2. The zero-order valence-corrected chi connectivity index (χ0v) is 10.9. The molecule has 5 nitrogen and oxygen atoms in total. The van der Waals surface area contributed by atoms with E-state index in [0.717, 1.165) is 25.8 Å². The minimum atomic E-state index is -0.833. The van der Waals surface area contributed by atoms with Crippen LogP contribution in [0.4, 0.5) is 0 Å². The molecule has 1 rings (SSSR count). The van der Waals surface area contributed by atoms with E-state index >= 15 is 0 Å². The Labute approximate surface area is 103 Å². The maximum atomic E-state index is 11.1. The van der Waals surface area contributed by atoms with Crippen LogP contribution in [0.15, 0.2) is 0 Å². The van der Waals surface area contributed by atoms with Gasteiger partial charge in [-0.2, -0.15) is 0 Å². The number of carbonyl (C=O) groups excluding carboxylic acids is 1. The molecule has 0 spiro atoms. The normalized spacial score (nSPS) is 23.2. The van der Waals surface area contributed by atoms with Gasteiger partial charge in [-0.15, -0.1) is 0 Å². The van der Waals surface area contributed by atoms with Crippen LogP contribution in [0.2, 0.25) is 0 Å². The van der Waals surface area contributed by atoms with Crippen LogP contribution in [0.5, 0.6) is 0 Å². The summed E-state index contributed by atoms with van der Waals surface area (Å²) in [6, 6.07) is 0.343. The Kier molecular flexibility index (Phi) is 8.40. The van der Waals surface area contributed by atoms with Crippen LogP contribution in [0.1, 0.15) is 40.0 Å². The molecule has 1 aliphatic rings. The van der Waals surface area contributed by atoms with Crippen LogP contribution in [0.25, 0.3) is 0 Å². The molecule has 100 valence electrons. The molecule has 0 aromatic heterocycles. The van der Waals surface area contributed by atoms with Gasteiger partial charge in [0.05, 0.1) is 13.0 Å². The van der Waals surface area contributed by atoms with Crippen molar-refractivity contribution in [1.82, 2.24) is 5.32 Å². The van der Waals surface area contributed by atoms with Gasteiger partial charge in [0.1, 0.15) is 0 Å². The number of aliphatic carboxylic acids is 1. The van der Waals surface area contributed by atoms with Crippen LogP contribution >= 0.6 is 0 Å². The topological polar surface area (TPSA) is 75.6 Å². The fraction of sp³-hybridized carbons (Fsp3) is 0.833. The van der Waals surface area contributed by atoms with E-state index in [2.05, 4.69) is 12.2 Å². The van der Waals surface area contributed by atoms with Gasteiger partial charge in [-0.05, 0) is 32.2 Å². The molecule has 0 amide bonds. The van der Waals surface area contributed by atoms with Crippen molar-refractivity contribution in [2.45, 2.75) is 46.1 Å². The standard InChI is InChI=1S/C10H19NO2.C2H4O2/c1-3-13-10(12)6-9-5-4-8(2)7-11-9;1-2(3)4/h8-9,11H,3-7H2,1-2H3;1H3,(H,3,4). The highest BCUT2D eigenvalue weighted by Gasteiger charge is 2.20. The second-order valence-corrected chi connectivity index (χ2v) is 4.32. The molecule has 1 aliphatic heterocycles. The van der Waals surface area contributed by atoms with E-state index in [1.54, 1.807) is 0 Å². The van der Waals surface area contributed by atoms with Gasteiger partial charge in [-0.25, -0.2) is 0 Å².